The van der Waals surface area contributed by atoms with E-state index in [-0.39, 0.29) is 11.4 Å². The Morgan fingerprint density at radius 3 is 2.54 bits per heavy atom. The highest BCUT2D eigenvalue weighted by atomic mass is 32.2. The topological polar surface area (TPSA) is 105 Å². The molecule has 1 aromatic carbocycles. The molecule has 0 bridgehead atoms. The number of hydrogen-bond donors (Lipinski definition) is 0. The SMILES string of the molecule is CSc1cn(-c2ncc(-c3cc(C4CC4)ccn3)cn2)c2cc(C(=O)N3CCOCC3)ccc12.O. The van der Waals surface area contributed by atoms with Crippen LogP contribution in [-0.2, 0) is 4.74 Å². The number of benzene rings is 1. The van der Waals surface area contributed by atoms with E-state index in [2.05, 4.69) is 27.1 Å². The summed E-state index contributed by atoms with van der Waals surface area (Å²) in [7, 11) is 0. The van der Waals surface area contributed by atoms with Gasteiger partial charge in [0.2, 0.25) is 5.95 Å². The van der Waals surface area contributed by atoms with E-state index < -0.39 is 0 Å². The first-order chi connectivity index (χ1) is 16.7. The highest BCUT2D eigenvalue weighted by molar-refractivity contribution is 7.98. The zero-order valence-electron chi connectivity index (χ0n) is 19.5. The Bertz CT molecular complexity index is 1360. The van der Waals surface area contributed by atoms with E-state index in [4.69, 9.17) is 4.74 Å². The first-order valence-corrected chi connectivity index (χ1v) is 12.8. The van der Waals surface area contributed by atoms with Gasteiger partial charge in [-0.3, -0.25) is 14.3 Å². The monoisotopic (exact) mass is 489 g/mol. The van der Waals surface area contributed by atoms with Gasteiger partial charge in [0.15, 0.2) is 0 Å². The molecule has 9 heteroatoms. The number of thioether (sulfide) groups is 1. The maximum atomic E-state index is 13.1. The molecule has 2 aliphatic rings. The second-order valence-corrected chi connectivity index (χ2v) is 9.57. The van der Waals surface area contributed by atoms with Crippen molar-refractivity contribution in [3.05, 3.63) is 66.2 Å². The first kappa shape index (κ1) is 23.5. The van der Waals surface area contributed by atoms with Gasteiger partial charge in [0.25, 0.3) is 5.91 Å². The molecule has 3 aromatic heterocycles. The Balaban J connectivity index is 0.00000253. The quantitative estimate of drug-likeness (QED) is 0.396. The second kappa shape index (κ2) is 9.77. The van der Waals surface area contributed by atoms with Crippen molar-refractivity contribution < 1.29 is 15.0 Å². The van der Waals surface area contributed by atoms with Crippen molar-refractivity contribution in [2.24, 2.45) is 0 Å². The number of amides is 1. The maximum Gasteiger partial charge on any atom is 0.254 e. The van der Waals surface area contributed by atoms with Gasteiger partial charge in [-0.2, -0.15) is 0 Å². The number of rotatable bonds is 5. The van der Waals surface area contributed by atoms with Crippen LogP contribution in [0.25, 0.3) is 28.1 Å². The summed E-state index contributed by atoms with van der Waals surface area (Å²) in [6.07, 6.45) is 12.1. The summed E-state index contributed by atoms with van der Waals surface area (Å²) in [5, 5.41) is 1.08. The molecule has 8 nitrogen and oxygen atoms in total. The summed E-state index contributed by atoms with van der Waals surface area (Å²) in [4.78, 5) is 29.9. The third-order valence-corrected chi connectivity index (χ3v) is 7.28. The average molecular weight is 490 g/mol. The van der Waals surface area contributed by atoms with Gasteiger partial charge < -0.3 is 15.1 Å². The zero-order chi connectivity index (χ0) is 23.1. The van der Waals surface area contributed by atoms with Gasteiger partial charge in [-0.15, -0.1) is 11.8 Å². The summed E-state index contributed by atoms with van der Waals surface area (Å²) < 4.78 is 7.36. The Morgan fingerprint density at radius 1 is 1.06 bits per heavy atom. The van der Waals surface area contributed by atoms with Crippen LogP contribution in [-0.4, -0.2) is 68.4 Å². The van der Waals surface area contributed by atoms with E-state index in [1.54, 1.807) is 11.8 Å². The van der Waals surface area contributed by atoms with Gasteiger partial charge in [-0.05, 0) is 54.8 Å². The predicted molar refractivity (Wildman–Crippen MR) is 136 cm³/mol. The standard InChI is InChI=1S/C26H25N5O2S.H2O/c1-34-24-16-31(23-13-19(4-5-21(23)24)25(32)30-8-10-33-11-9-30)26-28-14-20(15-29-26)22-12-18(6-7-27-22)17-2-3-17;/h4-7,12-17H,2-3,8-11H2,1H3;1H2. The number of ether oxygens (including phenoxy) is 1. The normalized spacial score (nSPS) is 15.7. The molecular formula is C26H27N5O3S. The molecule has 6 rings (SSSR count). The van der Waals surface area contributed by atoms with Crippen molar-refractivity contribution in [3.8, 4) is 17.2 Å². The fourth-order valence-corrected chi connectivity index (χ4v) is 5.06. The Kier molecular flexibility index (Phi) is 6.55. The minimum absolute atomic E-state index is 0. The van der Waals surface area contributed by atoms with Crippen molar-refractivity contribution in [2.75, 3.05) is 32.6 Å². The van der Waals surface area contributed by atoms with Crippen LogP contribution in [0.1, 0.15) is 34.7 Å². The number of aromatic nitrogens is 4. The van der Waals surface area contributed by atoms with Gasteiger partial charge >= 0.3 is 0 Å². The van der Waals surface area contributed by atoms with Crippen molar-refractivity contribution in [1.29, 1.82) is 0 Å². The lowest BCUT2D eigenvalue weighted by Gasteiger charge is -2.26. The highest BCUT2D eigenvalue weighted by Gasteiger charge is 2.24. The van der Waals surface area contributed by atoms with Crippen LogP contribution in [0.15, 0.2) is 60.0 Å². The number of morpholine rings is 1. The predicted octanol–water partition coefficient (Wildman–Crippen LogP) is 3.73. The van der Waals surface area contributed by atoms with Crippen molar-refractivity contribution in [3.63, 3.8) is 0 Å². The summed E-state index contributed by atoms with van der Waals surface area (Å²) in [6, 6.07) is 10.1. The maximum absolute atomic E-state index is 13.1. The van der Waals surface area contributed by atoms with Crippen LogP contribution in [0.5, 0.6) is 0 Å². The molecular weight excluding hydrogens is 462 g/mol. The molecule has 1 saturated carbocycles. The van der Waals surface area contributed by atoms with Crippen LogP contribution in [0.4, 0.5) is 0 Å². The lowest BCUT2D eigenvalue weighted by atomic mass is 10.1. The number of carbonyl (C=O) groups is 1. The third-order valence-electron chi connectivity index (χ3n) is 6.52. The molecule has 1 aliphatic heterocycles. The first-order valence-electron chi connectivity index (χ1n) is 11.6. The second-order valence-electron chi connectivity index (χ2n) is 8.72. The van der Waals surface area contributed by atoms with E-state index in [0.29, 0.717) is 43.7 Å². The summed E-state index contributed by atoms with van der Waals surface area (Å²) >= 11 is 1.67. The van der Waals surface area contributed by atoms with E-state index in [1.807, 2.05) is 58.7 Å². The summed E-state index contributed by atoms with van der Waals surface area (Å²) in [6.45, 7) is 2.40. The molecule has 1 saturated heterocycles. The van der Waals surface area contributed by atoms with Crippen LogP contribution < -0.4 is 0 Å². The number of pyridine rings is 1. The summed E-state index contributed by atoms with van der Waals surface area (Å²) in [5.41, 5.74) is 4.73. The number of hydrogen-bond acceptors (Lipinski definition) is 6. The minimum Gasteiger partial charge on any atom is -0.412 e. The molecule has 0 atom stereocenters. The molecule has 0 spiro atoms. The molecule has 2 N–H and O–H groups in total. The van der Waals surface area contributed by atoms with Crippen LogP contribution in [0.2, 0.25) is 0 Å². The Labute approximate surface area is 207 Å². The van der Waals surface area contributed by atoms with Gasteiger partial charge in [-0.25, -0.2) is 9.97 Å². The van der Waals surface area contributed by atoms with E-state index >= 15 is 0 Å². The van der Waals surface area contributed by atoms with E-state index in [0.717, 1.165) is 27.1 Å². The van der Waals surface area contributed by atoms with E-state index in [1.165, 1.54) is 18.4 Å². The van der Waals surface area contributed by atoms with E-state index in [9.17, 15) is 4.79 Å². The number of fused-ring (bicyclic) bond motifs is 1. The van der Waals surface area contributed by atoms with Gasteiger partial charge in [0.05, 0.1) is 24.4 Å². The summed E-state index contributed by atoms with van der Waals surface area (Å²) in [5.74, 6) is 1.28. The Morgan fingerprint density at radius 2 is 1.83 bits per heavy atom. The molecule has 4 heterocycles. The fourth-order valence-electron chi connectivity index (χ4n) is 4.46. The molecule has 0 unspecified atom stereocenters. The lowest BCUT2D eigenvalue weighted by molar-refractivity contribution is 0.0303. The molecule has 35 heavy (non-hydrogen) atoms. The highest BCUT2D eigenvalue weighted by Crippen LogP contribution is 2.40. The van der Waals surface area contributed by atoms with Crippen LogP contribution in [0, 0.1) is 0 Å². The number of nitrogens with zero attached hydrogens (tertiary/aromatic N) is 5. The Hall–Kier alpha value is -3.27. The minimum atomic E-state index is 0. The van der Waals surface area contributed by atoms with Crippen molar-refractivity contribution >= 4 is 28.6 Å². The zero-order valence-corrected chi connectivity index (χ0v) is 20.3. The molecule has 0 radical (unpaired) electrons. The average Bonchev–Trinajstić information content (AvgIpc) is 3.70. The van der Waals surface area contributed by atoms with Gasteiger partial charge in [0.1, 0.15) is 0 Å². The van der Waals surface area contributed by atoms with Crippen LogP contribution in [0.3, 0.4) is 0 Å². The fraction of sp³-hybridized carbons (Fsp3) is 0.308. The van der Waals surface area contributed by atoms with Crippen molar-refractivity contribution in [1.82, 2.24) is 24.4 Å². The third kappa shape index (κ3) is 4.54. The number of carbonyl (C=O) groups excluding carboxylic acids is 1. The molecule has 1 amide bonds. The largest absolute Gasteiger partial charge is 0.412 e. The van der Waals surface area contributed by atoms with Crippen molar-refractivity contribution in [2.45, 2.75) is 23.7 Å². The molecule has 180 valence electrons. The van der Waals surface area contributed by atoms with Gasteiger partial charge in [-0.1, -0.05) is 6.07 Å². The van der Waals surface area contributed by atoms with Crippen LogP contribution >= 0.6 is 11.8 Å². The van der Waals surface area contributed by atoms with Gasteiger partial charge in [0, 0.05) is 59.3 Å². The lowest BCUT2D eigenvalue weighted by Crippen LogP contribution is -2.40. The smallest absolute Gasteiger partial charge is 0.254 e. The molecule has 1 aliphatic carbocycles. The molecule has 2 fully saturated rings. The molecule has 4 aromatic rings.